The molecule has 0 unspecified atom stereocenters. The van der Waals surface area contributed by atoms with Gasteiger partial charge in [-0.3, -0.25) is 9.20 Å². The van der Waals surface area contributed by atoms with E-state index in [0.29, 0.717) is 17.2 Å². The predicted octanol–water partition coefficient (Wildman–Crippen LogP) is 3.93. The van der Waals surface area contributed by atoms with Crippen LogP contribution in [-0.4, -0.2) is 32.3 Å². The van der Waals surface area contributed by atoms with E-state index in [-0.39, 0.29) is 5.91 Å². The largest absolute Gasteiger partial charge is 0.333 e. The zero-order chi connectivity index (χ0) is 15.8. The molecule has 0 spiro atoms. The molecule has 1 amide bonds. The molecule has 0 N–H and O–H groups in total. The van der Waals surface area contributed by atoms with Gasteiger partial charge in [-0.25, -0.2) is 4.98 Å². The van der Waals surface area contributed by atoms with Crippen molar-refractivity contribution in [3.63, 3.8) is 0 Å². The van der Waals surface area contributed by atoms with Crippen molar-refractivity contribution in [1.29, 1.82) is 0 Å². The highest BCUT2D eigenvalue weighted by Gasteiger charge is 2.37. The van der Waals surface area contributed by atoms with Gasteiger partial charge in [0.2, 0.25) is 5.91 Å². The number of rotatable bonds is 4. The van der Waals surface area contributed by atoms with Gasteiger partial charge in [-0.1, -0.05) is 30.5 Å². The molecule has 2 heterocycles. The lowest BCUT2D eigenvalue weighted by Crippen LogP contribution is -2.39. The van der Waals surface area contributed by atoms with Crippen molar-refractivity contribution in [2.24, 2.45) is 0 Å². The summed E-state index contributed by atoms with van der Waals surface area (Å²) in [4.78, 5) is 19.1. The predicted molar refractivity (Wildman–Crippen MR) is 91.4 cm³/mol. The minimum absolute atomic E-state index is 0.112. The molecular weight excluding hydrogens is 310 g/mol. The van der Waals surface area contributed by atoms with E-state index in [4.69, 9.17) is 11.6 Å². The number of nitrogens with zero attached hydrogens (tertiary/aromatic N) is 3. The number of halogens is 1. The number of aromatic nitrogens is 2. The average Bonchev–Trinajstić information content (AvgIpc) is 3.12. The Kier molecular flexibility index (Phi) is 3.85. The molecule has 2 aliphatic rings. The van der Waals surface area contributed by atoms with Crippen LogP contribution in [0.4, 0.5) is 0 Å². The lowest BCUT2D eigenvalue weighted by atomic mass is 10.2. The van der Waals surface area contributed by atoms with Gasteiger partial charge in [0.1, 0.15) is 5.65 Å². The van der Waals surface area contributed by atoms with Crippen LogP contribution in [-0.2, 0) is 4.79 Å². The zero-order valence-electron chi connectivity index (χ0n) is 13.0. The van der Waals surface area contributed by atoms with Crippen LogP contribution in [0.3, 0.4) is 0 Å². The monoisotopic (exact) mass is 329 g/mol. The lowest BCUT2D eigenvalue weighted by Gasteiger charge is -2.27. The second-order valence-corrected chi connectivity index (χ2v) is 6.82. The summed E-state index contributed by atoms with van der Waals surface area (Å²) in [5.74, 6) is 0.112. The Bertz CT molecular complexity index is 757. The SMILES string of the molecule is O=C(/C=C/c1c(Cl)nc2ccccn12)N(C1CCCC1)C1CC1. The first-order chi connectivity index (χ1) is 11.2. The number of carbonyl (C=O) groups is 1. The van der Waals surface area contributed by atoms with E-state index < -0.39 is 0 Å². The standard InChI is InChI=1S/C18H20ClN3O/c19-18-15(21-12-4-3-7-16(21)20-18)10-11-17(23)22(14-8-9-14)13-5-1-2-6-13/h3-4,7,10-14H,1-2,5-6,8-9H2/b11-10+. The van der Waals surface area contributed by atoms with E-state index in [1.54, 1.807) is 12.2 Å². The molecule has 4 rings (SSSR count). The van der Waals surface area contributed by atoms with E-state index in [9.17, 15) is 4.79 Å². The molecule has 0 atom stereocenters. The summed E-state index contributed by atoms with van der Waals surface area (Å²) in [6, 6.07) is 6.64. The fraction of sp³-hybridized carbons (Fsp3) is 0.444. The molecule has 23 heavy (non-hydrogen) atoms. The molecule has 2 aliphatic carbocycles. The first-order valence-electron chi connectivity index (χ1n) is 8.37. The highest BCUT2D eigenvalue weighted by Crippen LogP contribution is 2.34. The van der Waals surface area contributed by atoms with Crippen LogP contribution in [0.25, 0.3) is 11.7 Å². The quantitative estimate of drug-likeness (QED) is 0.797. The number of carbonyl (C=O) groups excluding carboxylic acids is 1. The van der Waals surface area contributed by atoms with E-state index in [1.807, 2.05) is 28.8 Å². The average molecular weight is 330 g/mol. The third kappa shape index (κ3) is 2.88. The molecule has 2 aromatic rings. The van der Waals surface area contributed by atoms with E-state index in [2.05, 4.69) is 9.88 Å². The van der Waals surface area contributed by atoms with E-state index in [0.717, 1.165) is 37.0 Å². The third-order valence-corrected chi connectivity index (χ3v) is 5.10. The van der Waals surface area contributed by atoms with Crippen LogP contribution in [0.2, 0.25) is 5.15 Å². The summed E-state index contributed by atoms with van der Waals surface area (Å²) in [7, 11) is 0. The number of pyridine rings is 1. The first kappa shape index (κ1) is 14.8. The van der Waals surface area contributed by atoms with Crippen LogP contribution in [0.5, 0.6) is 0 Å². The molecule has 0 radical (unpaired) electrons. The number of amides is 1. The number of fused-ring (bicyclic) bond motifs is 1. The molecule has 0 saturated heterocycles. The summed E-state index contributed by atoms with van der Waals surface area (Å²) in [5.41, 5.74) is 1.55. The Morgan fingerprint density at radius 2 is 1.96 bits per heavy atom. The van der Waals surface area contributed by atoms with Gasteiger partial charge in [-0.2, -0.15) is 0 Å². The normalized spacial score (nSPS) is 19.0. The molecular formula is C18H20ClN3O. The topological polar surface area (TPSA) is 37.6 Å². The molecule has 4 nitrogen and oxygen atoms in total. The maximum Gasteiger partial charge on any atom is 0.247 e. The first-order valence-corrected chi connectivity index (χ1v) is 8.75. The van der Waals surface area contributed by atoms with Gasteiger partial charge in [0.05, 0.1) is 5.69 Å². The van der Waals surface area contributed by atoms with Crippen molar-refractivity contribution in [2.75, 3.05) is 0 Å². The smallest absolute Gasteiger partial charge is 0.247 e. The van der Waals surface area contributed by atoms with Crippen molar-refractivity contribution in [1.82, 2.24) is 14.3 Å². The summed E-state index contributed by atoms with van der Waals surface area (Å²) < 4.78 is 1.91. The Balaban J connectivity index is 1.59. The van der Waals surface area contributed by atoms with Gasteiger partial charge < -0.3 is 4.90 Å². The maximum atomic E-state index is 12.7. The van der Waals surface area contributed by atoms with Crippen LogP contribution < -0.4 is 0 Å². The zero-order valence-corrected chi connectivity index (χ0v) is 13.7. The third-order valence-electron chi connectivity index (χ3n) is 4.82. The molecule has 2 saturated carbocycles. The molecule has 2 aromatic heterocycles. The fourth-order valence-electron chi connectivity index (χ4n) is 3.56. The van der Waals surface area contributed by atoms with Gasteiger partial charge in [-0.15, -0.1) is 0 Å². The summed E-state index contributed by atoms with van der Waals surface area (Å²) in [6.45, 7) is 0. The van der Waals surface area contributed by atoms with Crippen molar-refractivity contribution >= 4 is 29.2 Å². The molecule has 5 heteroatoms. The second kappa shape index (κ2) is 6.00. The Labute approximate surface area is 140 Å². The van der Waals surface area contributed by atoms with E-state index in [1.165, 1.54) is 12.8 Å². The van der Waals surface area contributed by atoms with Crippen molar-refractivity contribution in [3.8, 4) is 0 Å². The maximum absolute atomic E-state index is 12.7. The molecule has 120 valence electrons. The van der Waals surface area contributed by atoms with Gasteiger partial charge in [-0.05, 0) is 43.9 Å². The Morgan fingerprint density at radius 3 is 2.70 bits per heavy atom. The summed E-state index contributed by atoms with van der Waals surface area (Å²) >= 11 is 6.22. The van der Waals surface area contributed by atoms with Gasteiger partial charge in [0.25, 0.3) is 0 Å². The van der Waals surface area contributed by atoms with Gasteiger partial charge >= 0.3 is 0 Å². The Hall–Kier alpha value is -1.81. The minimum atomic E-state index is 0.112. The lowest BCUT2D eigenvalue weighted by molar-refractivity contribution is -0.128. The molecule has 0 bridgehead atoms. The number of imidazole rings is 1. The van der Waals surface area contributed by atoms with Crippen LogP contribution in [0.15, 0.2) is 30.5 Å². The van der Waals surface area contributed by atoms with Crippen molar-refractivity contribution in [3.05, 3.63) is 41.3 Å². The van der Waals surface area contributed by atoms with Gasteiger partial charge in [0, 0.05) is 24.4 Å². The second-order valence-electron chi connectivity index (χ2n) is 6.46. The van der Waals surface area contributed by atoms with Crippen LogP contribution in [0.1, 0.15) is 44.2 Å². The van der Waals surface area contributed by atoms with Crippen LogP contribution in [0, 0.1) is 0 Å². The summed E-state index contributed by atoms with van der Waals surface area (Å²) in [5, 5.41) is 0.430. The number of hydrogen-bond acceptors (Lipinski definition) is 2. The molecule has 0 aromatic carbocycles. The van der Waals surface area contributed by atoms with Crippen molar-refractivity contribution < 1.29 is 4.79 Å². The van der Waals surface area contributed by atoms with Crippen molar-refractivity contribution in [2.45, 2.75) is 50.6 Å². The Morgan fingerprint density at radius 1 is 1.22 bits per heavy atom. The summed E-state index contributed by atoms with van der Waals surface area (Å²) in [6.07, 6.45) is 12.4. The highest BCUT2D eigenvalue weighted by molar-refractivity contribution is 6.31. The fourth-order valence-corrected chi connectivity index (χ4v) is 3.81. The minimum Gasteiger partial charge on any atom is -0.333 e. The van der Waals surface area contributed by atoms with E-state index >= 15 is 0 Å². The molecule has 2 fully saturated rings. The van der Waals surface area contributed by atoms with Gasteiger partial charge in [0.15, 0.2) is 5.15 Å². The molecule has 0 aliphatic heterocycles. The van der Waals surface area contributed by atoms with Crippen LogP contribution >= 0.6 is 11.6 Å². The highest BCUT2D eigenvalue weighted by atomic mass is 35.5. The number of hydrogen-bond donors (Lipinski definition) is 0.